The zero-order valence-electron chi connectivity index (χ0n) is 10.8. The van der Waals surface area contributed by atoms with Crippen LogP contribution >= 0.6 is 0 Å². The lowest BCUT2D eigenvalue weighted by molar-refractivity contribution is -0.461. The highest BCUT2D eigenvalue weighted by atomic mass is 32.2. The Morgan fingerprint density at radius 2 is 2.29 bits per heavy atom. The number of furan rings is 1. The molecule has 0 aliphatic carbocycles. The molecular weight excluding hydrogens is 238 g/mol. The van der Waals surface area contributed by atoms with Gasteiger partial charge in [-0.15, -0.1) is 0 Å². The van der Waals surface area contributed by atoms with Gasteiger partial charge in [0.2, 0.25) is 0 Å². The van der Waals surface area contributed by atoms with Crippen LogP contribution in [-0.2, 0) is 15.3 Å². The average Bonchev–Trinajstić information content (AvgIpc) is 2.75. The number of hydrogen-bond acceptors (Lipinski definition) is 3. The van der Waals surface area contributed by atoms with Crippen molar-refractivity contribution in [2.45, 2.75) is 12.8 Å². The quantitative estimate of drug-likeness (QED) is 0.575. The molecule has 0 saturated heterocycles. The molecule has 17 heavy (non-hydrogen) atoms. The molecule has 1 heterocycles. The van der Waals surface area contributed by atoms with Crippen molar-refractivity contribution in [2.24, 2.45) is 5.92 Å². The van der Waals surface area contributed by atoms with Gasteiger partial charge < -0.3 is 4.42 Å². The molecule has 1 rings (SSSR count). The lowest BCUT2D eigenvalue weighted by Gasteiger charge is -2.16. The third-order valence-electron chi connectivity index (χ3n) is 2.44. The Labute approximate surface area is 105 Å². The molecule has 0 aliphatic rings. The molecule has 0 spiro atoms. The molecule has 0 N–H and O–H groups in total. The predicted octanol–water partition coefficient (Wildman–Crippen LogP) is 1.65. The summed E-state index contributed by atoms with van der Waals surface area (Å²) in [6.07, 6.45) is 5.27. The first-order valence-electron chi connectivity index (χ1n) is 5.52. The van der Waals surface area contributed by atoms with E-state index in [4.69, 9.17) is 8.60 Å². The second-order valence-corrected chi connectivity index (χ2v) is 5.36. The van der Waals surface area contributed by atoms with E-state index in [2.05, 4.69) is 13.1 Å². The van der Waals surface area contributed by atoms with Crippen LogP contribution in [-0.4, -0.2) is 42.0 Å². The number of nitrogens with zero attached hydrogens (tertiary/aromatic N) is 1. The lowest BCUT2D eigenvalue weighted by Crippen LogP contribution is -2.20. The number of rotatable bonds is 6. The van der Waals surface area contributed by atoms with Gasteiger partial charge in [0, 0.05) is 6.26 Å². The van der Waals surface area contributed by atoms with Crippen LogP contribution in [0.1, 0.15) is 18.6 Å². The molecule has 0 fully saturated rings. The van der Waals surface area contributed by atoms with Gasteiger partial charge in [0.1, 0.15) is 26.1 Å². The van der Waals surface area contributed by atoms with E-state index in [0.717, 1.165) is 5.76 Å². The van der Waals surface area contributed by atoms with E-state index < -0.39 is 11.1 Å². The van der Waals surface area contributed by atoms with Crippen molar-refractivity contribution in [3.05, 3.63) is 24.2 Å². The first-order chi connectivity index (χ1) is 8.00. The molecule has 3 atom stereocenters. The molecule has 1 aromatic heterocycles. The van der Waals surface area contributed by atoms with E-state index in [1.54, 1.807) is 6.26 Å². The highest BCUT2D eigenvalue weighted by Crippen LogP contribution is 2.23. The summed E-state index contributed by atoms with van der Waals surface area (Å²) >= 11 is -1.22. The fraction of sp³-hybridized carbons (Fsp3) is 0.583. The Kier molecular flexibility index (Phi) is 5.58. The van der Waals surface area contributed by atoms with Gasteiger partial charge in [-0.25, -0.2) is 8.78 Å². The van der Waals surface area contributed by atoms with Crippen molar-refractivity contribution >= 4 is 17.3 Å². The summed E-state index contributed by atoms with van der Waals surface area (Å²) in [4.78, 5) is 0. The van der Waals surface area contributed by atoms with Gasteiger partial charge in [-0.05, 0) is 18.1 Å². The normalized spacial score (nSPS) is 16.2. The standard InChI is InChI=1S/C12H20NO3S/c1-10(9-16-17(4)14)11(8-13(2)3)12-6-5-7-15-12/h5-8,10-11H,9H2,1-4H3/q+1. The van der Waals surface area contributed by atoms with Gasteiger partial charge in [0.05, 0.1) is 18.8 Å². The predicted molar refractivity (Wildman–Crippen MR) is 68.8 cm³/mol. The smallest absolute Gasteiger partial charge is 0.152 e. The van der Waals surface area contributed by atoms with Gasteiger partial charge >= 0.3 is 0 Å². The fourth-order valence-electron chi connectivity index (χ4n) is 1.61. The molecule has 0 radical (unpaired) electrons. The Morgan fingerprint density at radius 3 is 2.76 bits per heavy atom. The van der Waals surface area contributed by atoms with Crippen molar-refractivity contribution in [3.63, 3.8) is 0 Å². The van der Waals surface area contributed by atoms with Crippen LogP contribution in [0.4, 0.5) is 0 Å². The SMILES string of the molecule is CC(COS(C)=O)C(C=[N+](C)C)c1ccco1. The maximum Gasteiger partial charge on any atom is 0.152 e. The highest BCUT2D eigenvalue weighted by molar-refractivity contribution is 7.79. The van der Waals surface area contributed by atoms with Crippen LogP contribution in [0.5, 0.6) is 0 Å². The molecule has 96 valence electrons. The van der Waals surface area contributed by atoms with Crippen molar-refractivity contribution < 1.29 is 17.4 Å². The topological polar surface area (TPSA) is 42.5 Å². The third kappa shape index (κ3) is 4.83. The van der Waals surface area contributed by atoms with Crippen LogP contribution in [0.25, 0.3) is 0 Å². The molecule has 5 heteroatoms. The second-order valence-electron chi connectivity index (χ2n) is 4.32. The molecule has 0 aromatic carbocycles. The minimum Gasteiger partial charge on any atom is -0.468 e. The monoisotopic (exact) mass is 258 g/mol. The number of hydrogen-bond donors (Lipinski definition) is 0. The van der Waals surface area contributed by atoms with E-state index in [0.29, 0.717) is 6.61 Å². The van der Waals surface area contributed by atoms with Gasteiger partial charge in [-0.2, -0.15) is 0 Å². The van der Waals surface area contributed by atoms with Crippen LogP contribution in [0.3, 0.4) is 0 Å². The van der Waals surface area contributed by atoms with E-state index in [-0.39, 0.29) is 11.8 Å². The van der Waals surface area contributed by atoms with Gasteiger partial charge in [0.15, 0.2) is 11.1 Å². The van der Waals surface area contributed by atoms with Crippen LogP contribution < -0.4 is 0 Å². The first-order valence-corrected chi connectivity index (χ1v) is 7.00. The van der Waals surface area contributed by atoms with Crippen molar-refractivity contribution in [2.75, 3.05) is 27.0 Å². The van der Waals surface area contributed by atoms with E-state index in [1.165, 1.54) is 6.26 Å². The summed E-state index contributed by atoms with van der Waals surface area (Å²) in [5.41, 5.74) is 0. The Hall–Kier alpha value is -0.940. The molecule has 0 saturated carbocycles. The Balaban J connectivity index is 2.76. The minimum absolute atomic E-state index is 0.128. The van der Waals surface area contributed by atoms with Crippen LogP contribution in [0.15, 0.2) is 22.8 Å². The molecule has 0 amide bonds. The summed E-state index contributed by atoms with van der Waals surface area (Å²) in [5, 5.41) is 0. The second kappa shape index (κ2) is 6.71. The third-order valence-corrected chi connectivity index (χ3v) is 2.91. The van der Waals surface area contributed by atoms with E-state index in [9.17, 15) is 4.21 Å². The highest BCUT2D eigenvalue weighted by Gasteiger charge is 2.23. The van der Waals surface area contributed by atoms with Crippen molar-refractivity contribution in [1.29, 1.82) is 0 Å². The maximum atomic E-state index is 10.9. The molecule has 3 unspecified atom stereocenters. The van der Waals surface area contributed by atoms with Gasteiger partial charge in [-0.1, -0.05) is 6.92 Å². The minimum atomic E-state index is -1.22. The largest absolute Gasteiger partial charge is 0.468 e. The summed E-state index contributed by atoms with van der Waals surface area (Å²) in [5.74, 6) is 1.23. The molecule has 0 aliphatic heterocycles. The zero-order valence-corrected chi connectivity index (χ0v) is 11.6. The first kappa shape index (κ1) is 14.1. The van der Waals surface area contributed by atoms with E-state index in [1.807, 2.05) is 30.8 Å². The van der Waals surface area contributed by atoms with Gasteiger partial charge in [-0.3, -0.25) is 4.18 Å². The Bertz CT molecular complexity index is 382. The molecular formula is C12H20NO3S+. The average molecular weight is 258 g/mol. The molecule has 1 aromatic rings. The van der Waals surface area contributed by atoms with Crippen molar-refractivity contribution in [1.82, 2.24) is 0 Å². The maximum absolute atomic E-state index is 10.9. The van der Waals surface area contributed by atoms with Gasteiger partial charge in [0.25, 0.3) is 0 Å². The van der Waals surface area contributed by atoms with Crippen molar-refractivity contribution in [3.8, 4) is 0 Å². The molecule has 0 bridgehead atoms. The zero-order chi connectivity index (χ0) is 12.8. The molecule has 4 nitrogen and oxygen atoms in total. The van der Waals surface area contributed by atoms with Crippen LogP contribution in [0, 0.1) is 5.92 Å². The summed E-state index contributed by atoms with van der Waals surface area (Å²) < 4.78 is 23.5. The Morgan fingerprint density at radius 1 is 1.59 bits per heavy atom. The fourth-order valence-corrected chi connectivity index (χ4v) is 2.02. The van der Waals surface area contributed by atoms with Crippen LogP contribution in [0.2, 0.25) is 0 Å². The van der Waals surface area contributed by atoms with E-state index >= 15 is 0 Å². The summed E-state index contributed by atoms with van der Waals surface area (Å²) in [6.45, 7) is 2.50. The summed E-state index contributed by atoms with van der Waals surface area (Å²) in [7, 11) is 3.95. The summed E-state index contributed by atoms with van der Waals surface area (Å²) in [6, 6.07) is 3.82. The lowest BCUT2D eigenvalue weighted by atomic mass is 9.93.